The van der Waals surface area contributed by atoms with Gasteiger partial charge in [0.2, 0.25) is 0 Å². The number of nitrogens with zero attached hydrogens (tertiary/aromatic N) is 2. The molecule has 106 valence electrons. The highest BCUT2D eigenvalue weighted by Crippen LogP contribution is 2.11. The summed E-state index contributed by atoms with van der Waals surface area (Å²) >= 11 is 0. The summed E-state index contributed by atoms with van der Waals surface area (Å²) < 4.78 is 5.72. The van der Waals surface area contributed by atoms with Crippen LogP contribution in [-0.4, -0.2) is 42.7 Å². The molecule has 19 heavy (non-hydrogen) atoms. The maximum atomic E-state index is 5.72. The molecular formula is C15H25N3O. The van der Waals surface area contributed by atoms with Crippen LogP contribution in [0.5, 0.6) is 5.75 Å². The maximum Gasteiger partial charge on any atom is 0.137 e. The molecule has 1 N–H and O–H groups in total. The number of ether oxygens (including phenoxy) is 1. The van der Waals surface area contributed by atoms with Crippen molar-refractivity contribution in [1.82, 2.24) is 15.2 Å². The van der Waals surface area contributed by atoms with Crippen LogP contribution in [0.4, 0.5) is 0 Å². The minimum atomic E-state index is 0.782. The molecule has 1 aliphatic heterocycles. The molecule has 2 heterocycles. The Hall–Kier alpha value is -1.13. The number of hydrogen-bond acceptors (Lipinski definition) is 4. The minimum Gasteiger partial charge on any atom is -0.492 e. The van der Waals surface area contributed by atoms with E-state index in [2.05, 4.69) is 22.1 Å². The average Bonchev–Trinajstić information content (AvgIpc) is 2.96. The molecule has 0 bridgehead atoms. The van der Waals surface area contributed by atoms with Gasteiger partial charge in [-0.05, 0) is 51.0 Å². The first-order valence-electron chi connectivity index (χ1n) is 7.39. The van der Waals surface area contributed by atoms with Crippen molar-refractivity contribution in [3.05, 3.63) is 24.0 Å². The summed E-state index contributed by atoms with van der Waals surface area (Å²) in [5, 5.41) is 3.26. The van der Waals surface area contributed by atoms with Crippen LogP contribution < -0.4 is 10.1 Å². The zero-order chi connectivity index (χ0) is 13.3. The van der Waals surface area contributed by atoms with E-state index in [0.29, 0.717) is 0 Å². The van der Waals surface area contributed by atoms with E-state index in [0.717, 1.165) is 44.1 Å². The van der Waals surface area contributed by atoms with Gasteiger partial charge in [0.05, 0.1) is 18.5 Å². The molecule has 0 aromatic carbocycles. The molecule has 0 radical (unpaired) electrons. The van der Waals surface area contributed by atoms with Gasteiger partial charge in [-0.3, -0.25) is 4.98 Å². The minimum absolute atomic E-state index is 0.782. The summed E-state index contributed by atoms with van der Waals surface area (Å²) in [6, 6.07) is 4.04. The van der Waals surface area contributed by atoms with Crippen molar-refractivity contribution in [2.75, 3.05) is 32.8 Å². The van der Waals surface area contributed by atoms with Crippen LogP contribution in [0.25, 0.3) is 0 Å². The highest BCUT2D eigenvalue weighted by Gasteiger charge is 2.10. The molecule has 0 unspecified atom stereocenters. The van der Waals surface area contributed by atoms with Crippen LogP contribution in [0, 0.1) is 0 Å². The molecule has 0 amide bonds. The zero-order valence-corrected chi connectivity index (χ0v) is 11.9. The van der Waals surface area contributed by atoms with Crippen molar-refractivity contribution in [3.8, 4) is 5.75 Å². The van der Waals surface area contributed by atoms with Gasteiger partial charge in [-0.1, -0.05) is 6.92 Å². The van der Waals surface area contributed by atoms with Crippen molar-refractivity contribution < 1.29 is 4.74 Å². The van der Waals surface area contributed by atoms with E-state index in [4.69, 9.17) is 4.74 Å². The van der Waals surface area contributed by atoms with Crippen LogP contribution >= 0.6 is 0 Å². The van der Waals surface area contributed by atoms with E-state index in [-0.39, 0.29) is 0 Å². The normalized spacial score (nSPS) is 15.8. The SMILES string of the molecule is CCNCc1ccc(OCCCN2CCCC2)cn1. The van der Waals surface area contributed by atoms with Crippen molar-refractivity contribution in [2.45, 2.75) is 32.7 Å². The van der Waals surface area contributed by atoms with Gasteiger partial charge >= 0.3 is 0 Å². The summed E-state index contributed by atoms with van der Waals surface area (Å²) in [4.78, 5) is 6.89. The Morgan fingerprint density at radius 1 is 1.32 bits per heavy atom. The van der Waals surface area contributed by atoms with E-state index in [1.807, 2.05) is 18.3 Å². The summed E-state index contributed by atoms with van der Waals surface area (Å²) in [5.41, 5.74) is 1.06. The number of pyridine rings is 1. The molecule has 1 aromatic heterocycles. The molecule has 4 nitrogen and oxygen atoms in total. The second-order valence-corrected chi connectivity index (χ2v) is 5.02. The molecule has 1 fully saturated rings. The van der Waals surface area contributed by atoms with Crippen molar-refractivity contribution in [1.29, 1.82) is 0 Å². The van der Waals surface area contributed by atoms with Gasteiger partial charge in [-0.25, -0.2) is 0 Å². The second kappa shape index (κ2) is 8.12. The van der Waals surface area contributed by atoms with Gasteiger partial charge in [0.15, 0.2) is 0 Å². The number of aromatic nitrogens is 1. The Kier molecular flexibility index (Phi) is 6.11. The van der Waals surface area contributed by atoms with E-state index in [1.54, 1.807) is 0 Å². The second-order valence-electron chi connectivity index (χ2n) is 5.02. The summed E-state index contributed by atoms with van der Waals surface area (Å²) in [6.45, 7) is 8.36. The lowest BCUT2D eigenvalue weighted by molar-refractivity contribution is 0.262. The lowest BCUT2D eigenvalue weighted by Crippen LogP contribution is -2.21. The molecule has 1 saturated heterocycles. The Morgan fingerprint density at radius 3 is 2.84 bits per heavy atom. The third kappa shape index (κ3) is 5.17. The molecule has 0 saturated carbocycles. The first-order valence-corrected chi connectivity index (χ1v) is 7.39. The lowest BCUT2D eigenvalue weighted by Gasteiger charge is -2.14. The van der Waals surface area contributed by atoms with Gasteiger partial charge in [0.1, 0.15) is 5.75 Å². The highest BCUT2D eigenvalue weighted by atomic mass is 16.5. The largest absolute Gasteiger partial charge is 0.492 e. The van der Waals surface area contributed by atoms with Gasteiger partial charge in [-0.2, -0.15) is 0 Å². The van der Waals surface area contributed by atoms with Gasteiger partial charge in [-0.15, -0.1) is 0 Å². The first kappa shape index (κ1) is 14.3. The van der Waals surface area contributed by atoms with Crippen molar-refractivity contribution in [2.24, 2.45) is 0 Å². The van der Waals surface area contributed by atoms with E-state index < -0.39 is 0 Å². The van der Waals surface area contributed by atoms with Crippen LogP contribution in [-0.2, 0) is 6.54 Å². The van der Waals surface area contributed by atoms with Gasteiger partial charge in [0, 0.05) is 13.1 Å². The Labute approximate surface area is 116 Å². The van der Waals surface area contributed by atoms with Crippen molar-refractivity contribution in [3.63, 3.8) is 0 Å². The fourth-order valence-corrected chi connectivity index (χ4v) is 2.34. The topological polar surface area (TPSA) is 37.4 Å². The Balaban J connectivity index is 1.62. The summed E-state index contributed by atoms with van der Waals surface area (Å²) in [5.74, 6) is 0.877. The molecule has 0 aliphatic carbocycles. The fraction of sp³-hybridized carbons (Fsp3) is 0.667. The van der Waals surface area contributed by atoms with Crippen LogP contribution in [0.1, 0.15) is 31.9 Å². The molecule has 1 aliphatic rings. The Bertz CT molecular complexity index is 347. The van der Waals surface area contributed by atoms with Gasteiger partial charge < -0.3 is 15.0 Å². The molecule has 1 aromatic rings. The number of nitrogens with one attached hydrogen (secondary N) is 1. The van der Waals surface area contributed by atoms with E-state index in [1.165, 1.54) is 25.9 Å². The first-order chi connectivity index (χ1) is 9.38. The molecule has 2 rings (SSSR count). The van der Waals surface area contributed by atoms with E-state index in [9.17, 15) is 0 Å². The summed E-state index contributed by atoms with van der Waals surface area (Å²) in [6.07, 6.45) is 5.64. The van der Waals surface area contributed by atoms with Crippen LogP contribution in [0.3, 0.4) is 0 Å². The average molecular weight is 263 g/mol. The number of rotatable bonds is 8. The fourth-order valence-electron chi connectivity index (χ4n) is 2.34. The van der Waals surface area contributed by atoms with Gasteiger partial charge in [0.25, 0.3) is 0 Å². The molecule has 0 atom stereocenters. The van der Waals surface area contributed by atoms with E-state index >= 15 is 0 Å². The lowest BCUT2D eigenvalue weighted by atomic mass is 10.3. The Morgan fingerprint density at radius 2 is 2.16 bits per heavy atom. The number of hydrogen-bond donors (Lipinski definition) is 1. The zero-order valence-electron chi connectivity index (χ0n) is 11.9. The quantitative estimate of drug-likeness (QED) is 0.729. The smallest absolute Gasteiger partial charge is 0.137 e. The summed E-state index contributed by atoms with van der Waals surface area (Å²) in [7, 11) is 0. The highest BCUT2D eigenvalue weighted by molar-refractivity contribution is 5.19. The maximum absolute atomic E-state index is 5.72. The van der Waals surface area contributed by atoms with Crippen LogP contribution in [0.2, 0.25) is 0 Å². The molecule has 0 spiro atoms. The molecule has 4 heteroatoms. The van der Waals surface area contributed by atoms with Crippen molar-refractivity contribution >= 4 is 0 Å². The molecular weight excluding hydrogens is 238 g/mol. The predicted molar refractivity (Wildman–Crippen MR) is 77.4 cm³/mol. The van der Waals surface area contributed by atoms with Crippen LogP contribution in [0.15, 0.2) is 18.3 Å². The third-order valence-electron chi connectivity index (χ3n) is 3.44. The standard InChI is InChI=1S/C15H25N3O/c1-2-16-12-14-6-7-15(13-17-14)19-11-5-10-18-8-3-4-9-18/h6-7,13,16H,2-5,8-12H2,1H3. The monoisotopic (exact) mass is 263 g/mol. The predicted octanol–water partition coefficient (Wildman–Crippen LogP) is 2.06. The third-order valence-corrected chi connectivity index (χ3v) is 3.44. The number of likely N-dealkylation sites (tertiary alicyclic amines) is 1.